The van der Waals surface area contributed by atoms with Gasteiger partial charge in [-0.25, -0.2) is 0 Å². The van der Waals surface area contributed by atoms with Gasteiger partial charge in [-0.15, -0.1) is 0 Å². The zero-order valence-corrected chi connectivity index (χ0v) is 40.8. The van der Waals surface area contributed by atoms with E-state index in [4.69, 9.17) is 16.1 Å². The van der Waals surface area contributed by atoms with Crippen molar-refractivity contribution in [3.63, 3.8) is 0 Å². The number of aliphatic hydroxyl groups is 5. The Morgan fingerprint density at radius 2 is 1.81 bits per heavy atom. The van der Waals surface area contributed by atoms with E-state index >= 15 is 0 Å². The van der Waals surface area contributed by atoms with Gasteiger partial charge in [-0.3, -0.25) is 10.1 Å². The second kappa shape index (κ2) is 24.2. The predicted molar refractivity (Wildman–Crippen MR) is 267 cm³/mol. The normalized spacial score (nSPS) is 33.8. The number of methoxy groups -OCH3 is 1. The number of hydrogen-bond donors (Lipinski definition) is 7. The lowest BCUT2D eigenvalue weighted by molar-refractivity contribution is -0.194. The van der Waals surface area contributed by atoms with E-state index in [-0.39, 0.29) is 61.9 Å². The third kappa shape index (κ3) is 12.0. The van der Waals surface area contributed by atoms with Gasteiger partial charge in [-0.2, -0.15) is 0 Å². The molecule has 4 bridgehead atoms. The first-order valence-corrected chi connectivity index (χ1v) is 24.8. The molecule has 0 amide bonds. The highest BCUT2D eigenvalue weighted by Crippen LogP contribution is 2.67. The number of hydrogen-bond acceptors (Lipinski definition) is 10. The van der Waals surface area contributed by atoms with Crippen LogP contribution < -0.4 is 10.6 Å². The van der Waals surface area contributed by atoms with E-state index in [9.17, 15) is 30.3 Å². The van der Waals surface area contributed by atoms with Crippen LogP contribution in [0.5, 0.6) is 0 Å². The molecule has 2 saturated carbocycles. The van der Waals surface area contributed by atoms with Crippen molar-refractivity contribution >= 4 is 6.29 Å². The first-order chi connectivity index (χ1) is 32.3. The highest BCUT2D eigenvalue weighted by Gasteiger charge is 2.68. The molecule has 2 aromatic carbocycles. The summed E-state index contributed by atoms with van der Waals surface area (Å²) in [6.45, 7) is 12.0. The molecule has 366 valence electrons. The third-order valence-corrected chi connectivity index (χ3v) is 16.0. The van der Waals surface area contributed by atoms with E-state index in [2.05, 4.69) is 90.4 Å². The second-order valence-corrected chi connectivity index (χ2v) is 20.3. The molecule has 0 saturated heterocycles. The number of aryl methyl sites for hydroxylation is 1. The number of allylic oxidation sites excluding steroid dienone is 9. The van der Waals surface area contributed by atoms with Crippen LogP contribution in [0.3, 0.4) is 0 Å². The van der Waals surface area contributed by atoms with E-state index in [1.165, 1.54) is 16.7 Å². The number of rotatable bonds is 20. The lowest BCUT2D eigenvalue weighted by atomic mass is 9.45. The molecule has 0 unspecified atom stereocenters. The number of aldehydes is 1. The van der Waals surface area contributed by atoms with Crippen molar-refractivity contribution in [3.05, 3.63) is 142 Å². The maximum atomic E-state index is 13.0. The van der Waals surface area contributed by atoms with Gasteiger partial charge >= 0.3 is 0 Å². The lowest BCUT2D eigenvalue weighted by Crippen LogP contribution is -2.65. The number of ether oxygens (including phenoxy) is 2. The molecular formula is C57H80N2O8. The Morgan fingerprint density at radius 3 is 2.52 bits per heavy atom. The summed E-state index contributed by atoms with van der Waals surface area (Å²) in [5.41, 5.74) is 5.29. The minimum Gasteiger partial charge on any atom is -0.396 e. The molecule has 2 fully saturated rings. The number of aliphatic hydroxyl groups excluding tert-OH is 4. The number of carbonyl (C=O) groups is 1. The fraction of sp³-hybridized carbons (Fsp3) is 0.561. The Kier molecular flexibility index (Phi) is 18.9. The monoisotopic (exact) mass is 921 g/mol. The maximum Gasteiger partial charge on any atom is 0.145 e. The van der Waals surface area contributed by atoms with Gasteiger partial charge in [0.05, 0.1) is 31.5 Å². The summed E-state index contributed by atoms with van der Waals surface area (Å²) >= 11 is 0. The van der Waals surface area contributed by atoms with Crippen molar-refractivity contribution in [2.24, 2.45) is 35.0 Å². The topological polar surface area (TPSA) is 161 Å². The van der Waals surface area contributed by atoms with E-state index < -0.39 is 28.9 Å². The Morgan fingerprint density at radius 1 is 1.01 bits per heavy atom. The van der Waals surface area contributed by atoms with Gasteiger partial charge in [0.2, 0.25) is 0 Å². The van der Waals surface area contributed by atoms with Gasteiger partial charge in [0.25, 0.3) is 0 Å². The van der Waals surface area contributed by atoms with Gasteiger partial charge in [0, 0.05) is 43.1 Å². The summed E-state index contributed by atoms with van der Waals surface area (Å²) in [5.74, 6) is -0.964. The second-order valence-electron chi connectivity index (χ2n) is 20.3. The van der Waals surface area contributed by atoms with Crippen LogP contribution in [-0.4, -0.2) is 109 Å². The van der Waals surface area contributed by atoms with Gasteiger partial charge < -0.3 is 40.3 Å². The van der Waals surface area contributed by atoms with Gasteiger partial charge in [-0.05, 0) is 156 Å². The van der Waals surface area contributed by atoms with Crippen molar-refractivity contribution in [1.82, 2.24) is 10.6 Å². The standard InChI is InChI=1S/C57H80N2O8/c1-39(48-22-18-40(2)54(64)59-55(4,28-32-66-6)35-43-15-11-16-45(34-43)49(48)23-19-42-13-8-7-9-14-42)12-10-17-47(38-67-33-31-61)50-24-26-57(53(50)63)52-44(25-30-60)20-21-46(51(52)41(3)37-62)36-56(57,65)27-29-58-5/h7-18,20-21,34,37,44,46,48-50,52-54,58-61,63-65H,1,19,22-33,35-36,38H2,2-6H3/b12-10+,40-18+,47-17-,51-41?/t44-,46-,48+,49-,50-,52-,53+,54+,55-,56+,57+/m0/s1. The van der Waals surface area contributed by atoms with Crippen LogP contribution in [0.25, 0.3) is 0 Å². The first-order valence-electron chi connectivity index (χ1n) is 24.8. The van der Waals surface area contributed by atoms with Crippen LogP contribution in [0.4, 0.5) is 0 Å². The summed E-state index contributed by atoms with van der Waals surface area (Å²) in [5, 5.41) is 64.5. The fourth-order valence-corrected chi connectivity index (χ4v) is 12.5. The SMILES string of the molecule is C=C(/C=C/C=C(/COCCO)[C@@H]1CC[C@]2([C@@H]1O)[C@@H]1C(=C(C)C=O)[C@@H](C=C[C@H]1CCO)C[C@]2(O)CCNC)[C@H]1C/C=C(\C)[C@@H](O)N[C@@](C)(CCOC)Cc2cccc(c2)[C@@H]1CCc1ccccc1. The highest BCUT2D eigenvalue weighted by molar-refractivity contribution is 5.74. The van der Waals surface area contributed by atoms with Crippen LogP contribution in [0.1, 0.15) is 94.7 Å². The molecule has 11 atom stereocenters. The smallest absolute Gasteiger partial charge is 0.145 e. The molecule has 1 aliphatic heterocycles. The molecular weight excluding hydrogens is 841 g/mol. The van der Waals surface area contributed by atoms with Gasteiger partial charge in [0.15, 0.2) is 0 Å². The summed E-state index contributed by atoms with van der Waals surface area (Å²) in [6, 6.07) is 19.5. The molecule has 2 aromatic rings. The van der Waals surface area contributed by atoms with E-state index in [1.54, 1.807) is 7.11 Å². The molecule has 10 nitrogen and oxygen atoms in total. The largest absolute Gasteiger partial charge is 0.396 e. The molecule has 0 aromatic heterocycles. The maximum absolute atomic E-state index is 13.0. The van der Waals surface area contributed by atoms with Crippen LogP contribution in [0.15, 0.2) is 125 Å². The van der Waals surface area contributed by atoms with Crippen molar-refractivity contribution in [2.75, 3.05) is 53.7 Å². The van der Waals surface area contributed by atoms with E-state index in [0.717, 1.165) is 47.8 Å². The van der Waals surface area contributed by atoms with Gasteiger partial charge in [-0.1, -0.05) is 109 Å². The van der Waals surface area contributed by atoms with E-state index in [0.29, 0.717) is 63.7 Å². The summed E-state index contributed by atoms with van der Waals surface area (Å²) in [7, 11) is 3.58. The van der Waals surface area contributed by atoms with Crippen LogP contribution in [0.2, 0.25) is 0 Å². The molecule has 4 aliphatic rings. The van der Waals surface area contributed by atoms with Crippen molar-refractivity contribution in [3.8, 4) is 0 Å². The molecule has 7 N–H and O–H groups in total. The molecule has 1 heterocycles. The average molecular weight is 921 g/mol. The van der Waals surface area contributed by atoms with Crippen molar-refractivity contribution < 1.29 is 39.8 Å². The summed E-state index contributed by atoms with van der Waals surface area (Å²) in [4.78, 5) is 12.5. The summed E-state index contributed by atoms with van der Waals surface area (Å²) in [6.07, 6.45) is 17.8. The van der Waals surface area contributed by atoms with Crippen molar-refractivity contribution in [2.45, 2.75) is 114 Å². The molecule has 10 heteroatoms. The Labute approximate surface area is 400 Å². The van der Waals surface area contributed by atoms with Crippen LogP contribution in [0, 0.1) is 35.0 Å². The number of fused-ring (bicyclic) bond motifs is 5. The molecule has 67 heavy (non-hydrogen) atoms. The first kappa shape index (κ1) is 52.6. The van der Waals surface area contributed by atoms with Gasteiger partial charge in [0.1, 0.15) is 12.5 Å². The zero-order chi connectivity index (χ0) is 48.2. The third-order valence-electron chi connectivity index (χ3n) is 16.0. The number of nitrogens with one attached hydrogen (secondary N) is 2. The Bertz CT molecular complexity index is 2110. The number of carbonyl (C=O) groups excluding carboxylic acids is 1. The predicted octanol–water partition coefficient (Wildman–Crippen LogP) is 7.48. The quantitative estimate of drug-likeness (QED) is 0.0233. The molecule has 3 aliphatic carbocycles. The van der Waals surface area contributed by atoms with Crippen molar-refractivity contribution in [1.29, 1.82) is 0 Å². The molecule has 6 rings (SSSR count). The Balaban J connectivity index is 1.39. The Hall–Kier alpha value is -3.81. The van der Waals surface area contributed by atoms with Crippen LogP contribution >= 0.6 is 0 Å². The minimum atomic E-state index is -1.26. The van der Waals surface area contributed by atoms with E-state index in [1.807, 2.05) is 39.1 Å². The summed E-state index contributed by atoms with van der Waals surface area (Å²) < 4.78 is 11.5. The zero-order valence-electron chi connectivity index (χ0n) is 40.8. The lowest BCUT2D eigenvalue weighted by Gasteiger charge is -2.61. The average Bonchev–Trinajstić information content (AvgIpc) is 3.67. The minimum absolute atomic E-state index is 0.0223. The fourth-order valence-electron chi connectivity index (χ4n) is 12.5. The molecule has 1 spiro atoms. The number of benzene rings is 2. The highest BCUT2D eigenvalue weighted by atomic mass is 16.5. The van der Waals surface area contributed by atoms with Crippen LogP contribution in [-0.2, 0) is 27.1 Å². The molecule has 0 radical (unpaired) electrons.